The monoisotopic (exact) mass is 370 g/mol. The Morgan fingerprint density at radius 1 is 1.04 bits per heavy atom. The van der Waals surface area contributed by atoms with Crippen molar-refractivity contribution in [3.63, 3.8) is 0 Å². The van der Waals surface area contributed by atoms with Crippen LogP contribution >= 0.6 is 11.6 Å². The number of carbonyl (C=O) groups is 2. The van der Waals surface area contributed by atoms with Crippen LogP contribution in [-0.4, -0.2) is 29.7 Å². The number of halogens is 1. The van der Waals surface area contributed by atoms with Crippen LogP contribution in [0.5, 0.6) is 0 Å². The molecule has 1 aliphatic rings. The molecule has 5 heteroatoms. The number of nitrogens with zero attached hydrogens (tertiary/aromatic N) is 1. The lowest BCUT2D eigenvalue weighted by atomic mass is 9.88. The number of hydrogen-bond acceptors (Lipinski definition) is 3. The van der Waals surface area contributed by atoms with Crippen LogP contribution in [0, 0.1) is 5.92 Å². The summed E-state index contributed by atoms with van der Waals surface area (Å²) < 4.78 is 0. The molecule has 0 aliphatic carbocycles. The molecule has 2 aromatic rings. The van der Waals surface area contributed by atoms with Gasteiger partial charge in [0.1, 0.15) is 0 Å². The summed E-state index contributed by atoms with van der Waals surface area (Å²) in [5.74, 6) is 0.251. The Kier molecular flexibility index (Phi) is 5.94. The zero-order chi connectivity index (χ0) is 18.5. The van der Waals surface area contributed by atoms with Gasteiger partial charge in [0.05, 0.1) is 0 Å². The molecule has 1 amide bonds. The summed E-state index contributed by atoms with van der Waals surface area (Å²) in [4.78, 5) is 26.9. The number of Topliss-reactive ketones (excluding diaryl/α,β-unsaturated/α-hetero) is 1. The molecule has 1 fully saturated rings. The van der Waals surface area contributed by atoms with Crippen molar-refractivity contribution in [3.8, 4) is 0 Å². The molecule has 0 unspecified atom stereocenters. The van der Waals surface area contributed by atoms with E-state index in [0.29, 0.717) is 49.4 Å². The molecule has 26 heavy (non-hydrogen) atoms. The van der Waals surface area contributed by atoms with Crippen molar-refractivity contribution in [3.05, 3.63) is 64.7 Å². The first-order chi connectivity index (χ1) is 12.5. The summed E-state index contributed by atoms with van der Waals surface area (Å²) in [5.41, 5.74) is 8.36. The number of nitrogen functional groups attached to an aromatic ring is 1. The van der Waals surface area contributed by atoms with E-state index >= 15 is 0 Å². The molecule has 1 saturated heterocycles. The highest BCUT2D eigenvalue weighted by Gasteiger charge is 2.27. The Morgan fingerprint density at radius 3 is 2.35 bits per heavy atom. The van der Waals surface area contributed by atoms with Crippen LogP contribution in [0.4, 0.5) is 5.69 Å². The molecule has 0 saturated carbocycles. The van der Waals surface area contributed by atoms with Crippen LogP contribution in [-0.2, 0) is 11.2 Å². The van der Waals surface area contributed by atoms with Gasteiger partial charge in [0.2, 0.25) is 5.91 Å². The van der Waals surface area contributed by atoms with Crippen LogP contribution in [0.2, 0.25) is 5.02 Å². The van der Waals surface area contributed by atoms with E-state index in [9.17, 15) is 9.59 Å². The molecular weight excluding hydrogens is 348 g/mol. The second-order valence-electron chi connectivity index (χ2n) is 6.73. The molecule has 1 heterocycles. The van der Waals surface area contributed by atoms with Crippen LogP contribution in [0.25, 0.3) is 0 Å². The van der Waals surface area contributed by atoms with Crippen molar-refractivity contribution in [1.29, 1.82) is 0 Å². The summed E-state index contributed by atoms with van der Waals surface area (Å²) in [7, 11) is 0. The van der Waals surface area contributed by atoms with Crippen molar-refractivity contribution in [2.24, 2.45) is 5.92 Å². The lowest BCUT2D eigenvalue weighted by Crippen LogP contribution is -2.40. The summed E-state index contributed by atoms with van der Waals surface area (Å²) in [6.07, 6.45) is 2.51. The number of ketones is 1. The lowest BCUT2D eigenvalue weighted by molar-refractivity contribution is -0.132. The van der Waals surface area contributed by atoms with Gasteiger partial charge in [-0.15, -0.1) is 0 Å². The first-order valence-corrected chi connectivity index (χ1v) is 9.33. The number of anilines is 1. The second kappa shape index (κ2) is 8.37. The predicted octanol–water partition coefficient (Wildman–Crippen LogP) is 3.98. The maximum Gasteiger partial charge on any atom is 0.222 e. The zero-order valence-electron chi connectivity index (χ0n) is 14.7. The van der Waals surface area contributed by atoms with E-state index in [0.717, 1.165) is 11.3 Å². The van der Waals surface area contributed by atoms with E-state index in [2.05, 4.69) is 0 Å². The molecular formula is C21H23ClN2O2. The van der Waals surface area contributed by atoms with Gasteiger partial charge in [0.15, 0.2) is 5.78 Å². The van der Waals surface area contributed by atoms with Crippen LogP contribution in [0.3, 0.4) is 0 Å². The highest BCUT2D eigenvalue weighted by atomic mass is 35.5. The molecule has 0 radical (unpaired) electrons. The number of likely N-dealkylation sites (tertiary alicyclic amines) is 1. The summed E-state index contributed by atoms with van der Waals surface area (Å²) in [5, 5.41) is 0.626. The van der Waals surface area contributed by atoms with E-state index < -0.39 is 0 Å². The summed E-state index contributed by atoms with van der Waals surface area (Å²) in [6.45, 7) is 1.26. The number of hydrogen-bond donors (Lipinski definition) is 1. The molecule has 0 aromatic heterocycles. The third-order valence-corrected chi connectivity index (χ3v) is 5.26. The first-order valence-electron chi connectivity index (χ1n) is 8.95. The smallest absolute Gasteiger partial charge is 0.222 e. The fraction of sp³-hybridized carbons (Fsp3) is 0.333. The summed E-state index contributed by atoms with van der Waals surface area (Å²) in [6, 6.07) is 14.7. The third kappa shape index (κ3) is 4.44. The van der Waals surface area contributed by atoms with Crippen LogP contribution < -0.4 is 5.73 Å². The first kappa shape index (κ1) is 18.5. The average molecular weight is 371 g/mol. The minimum Gasteiger partial charge on any atom is -0.399 e. The van der Waals surface area contributed by atoms with Gasteiger partial charge in [-0.05, 0) is 55.2 Å². The number of piperidine rings is 1. The van der Waals surface area contributed by atoms with Gasteiger partial charge >= 0.3 is 0 Å². The second-order valence-corrected chi connectivity index (χ2v) is 7.16. The quantitative estimate of drug-likeness (QED) is 0.639. The van der Waals surface area contributed by atoms with Crippen molar-refractivity contribution in [2.75, 3.05) is 18.8 Å². The summed E-state index contributed by atoms with van der Waals surface area (Å²) >= 11 is 5.88. The normalized spacial score (nSPS) is 15.0. The number of para-hydroxylation sites is 1. The molecule has 0 spiro atoms. The van der Waals surface area contributed by atoms with Crippen molar-refractivity contribution < 1.29 is 9.59 Å². The maximum atomic E-state index is 12.6. The van der Waals surface area contributed by atoms with Gasteiger partial charge in [0.25, 0.3) is 0 Å². The highest BCUT2D eigenvalue weighted by Crippen LogP contribution is 2.23. The largest absolute Gasteiger partial charge is 0.399 e. The van der Waals surface area contributed by atoms with Crippen LogP contribution in [0.15, 0.2) is 48.5 Å². The van der Waals surface area contributed by atoms with Gasteiger partial charge in [-0.2, -0.15) is 0 Å². The van der Waals surface area contributed by atoms with Crippen molar-refractivity contribution in [1.82, 2.24) is 4.90 Å². The molecule has 4 nitrogen and oxygen atoms in total. The zero-order valence-corrected chi connectivity index (χ0v) is 15.4. The number of benzene rings is 2. The topological polar surface area (TPSA) is 63.4 Å². The minimum absolute atomic E-state index is 0.0232. The van der Waals surface area contributed by atoms with Crippen molar-refractivity contribution >= 4 is 29.0 Å². The SMILES string of the molecule is Nc1ccccc1CCC(=O)N1CCC(C(=O)c2ccc(Cl)cc2)CC1. The fourth-order valence-corrected chi connectivity index (χ4v) is 3.53. The Hall–Kier alpha value is -2.33. The Bertz CT molecular complexity index is 781. The standard InChI is InChI=1S/C21H23ClN2O2/c22-18-8-5-16(6-9-18)21(26)17-11-13-24(14-12-17)20(25)10-7-15-3-1-2-4-19(15)23/h1-6,8-9,17H,7,10-14,23H2. The molecule has 0 atom stereocenters. The molecule has 1 aliphatic heterocycles. The third-order valence-electron chi connectivity index (χ3n) is 5.01. The average Bonchev–Trinajstić information content (AvgIpc) is 2.67. The fourth-order valence-electron chi connectivity index (χ4n) is 3.40. The number of aryl methyl sites for hydroxylation is 1. The van der Waals surface area contributed by atoms with E-state index in [1.165, 1.54) is 0 Å². The Morgan fingerprint density at radius 2 is 1.69 bits per heavy atom. The molecule has 0 bridgehead atoms. The molecule has 136 valence electrons. The van der Waals surface area contributed by atoms with Gasteiger partial charge < -0.3 is 10.6 Å². The maximum absolute atomic E-state index is 12.6. The van der Waals surface area contributed by atoms with Gasteiger partial charge in [0, 0.05) is 41.7 Å². The Labute approximate surface area is 158 Å². The number of rotatable bonds is 5. The van der Waals surface area contributed by atoms with Gasteiger partial charge in [-0.25, -0.2) is 0 Å². The number of amides is 1. The molecule has 2 aromatic carbocycles. The minimum atomic E-state index is -0.0232. The lowest BCUT2D eigenvalue weighted by Gasteiger charge is -2.31. The molecule has 2 N–H and O–H groups in total. The van der Waals surface area contributed by atoms with Crippen LogP contribution in [0.1, 0.15) is 35.2 Å². The number of carbonyl (C=O) groups excluding carboxylic acids is 2. The Balaban J connectivity index is 1.50. The van der Waals surface area contributed by atoms with E-state index in [-0.39, 0.29) is 17.6 Å². The predicted molar refractivity (Wildman–Crippen MR) is 104 cm³/mol. The van der Waals surface area contributed by atoms with E-state index in [1.54, 1.807) is 24.3 Å². The van der Waals surface area contributed by atoms with Gasteiger partial charge in [-0.3, -0.25) is 9.59 Å². The number of nitrogens with two attached hydrogens (primary N) is 1. The highest BCUT2D eigenvalue weighted by molar-refractivity contribution is 6.30. The molecule has 3 rings (SSSR count). The van der Waals surface area contributed by atoms with E-state index in [4.69, 9.17) is 17.3 Å². The van der Waals surface area contributed by atoms with Crippen molar-refractivity contribution in [2.45, 2.75) is 25.7 Å². The van der Waals surface area contributed by atoms with Gasteiger partial charge in [-0.1, -0.05) is 29.8 Å². The van der Waals surface area contributed by atoms with E-state index in [1.807, 2.05) is 29.2 Å².